The lowest BCUT2D eigenvalue weighted by molar-refractivity contribution is 0.0698. The summed E-state index contributed by atoms with van der Waals surface area (Å²) in [5.74, 6) is 0.871. The molecule has 0 atom stereocenters. The molecule has 0 aliphatic carbocycles. The Kier molecular flexibility index (Phi) is 19.0. The summed E-state index contributed by atoms with van der Waals surface area (Å²) in [6.07, 6.45) is 3.33. The number of halogens is 1. The van der Waals surface area contributed by atoms with Gasteiger partial charge in [0.05, 0.1) is 13.2 Å². The second-order valence-electron chi connectivity index (χ2n) is 3.74. The van der Waals surface area contributed by atoms with Crippen LogP contribution in [0.2, 0.25) is 0 Å². The topological polar surface area (TPSA) is 54.9 Å². The lowest BCUT2D eigenvalue weighted by Gasteiger charge is -2.11. The van der Waals surface area contributed by atoms with Gasteiger partial charge in [0, 0.05) is 33.9 Å². The number of nitrogens with zero attached hydrogens (tertiary/aromatic N) is 1. The number of ether oxygens (including phenoxy) is 2. The Labute approximate surface area is 128 Å². The molecule has 0 spiro atoms. The lowest BCUT2D eigenvalue weighted by Crippen LogP contribution is -2.38. The van der Waals surface area contributed by atoms with E-state index >= 15 is 0 Å². The van der Waals surface area contributed by atoms with E-state index in [0.29, 0.717) is 13.2 Å². The van der Waals surface area contributed by atoms with E-state index in [1.807, 2.05) is 0 Å². The predicted molar refractivity (Wildman–Crippen MR) is 87.0 cm³/mol. The number of rotatable bonds is 10. The van der Waals surface area contributed by atoms with Gasteiger partial charge in [-0.1, -0.05) is 13.3 Å². The molecule has 0 aromatic rings. The average Bonchev–Trinajstić information content (AvgIpc) is 2.35. The van der Waals surface area contributed by atoms with Gasteiger partial charge in [-0.3, -0.25) is 4.99 Å². The maximum absolute atomic E-state index is 5.36. The SMILES string of the molecule is CCCCNC(=NC)NCCCOCCOC.I. The van der Waals surface area contributed by atoms with E-state index in [1.165, 1.54) is 12.8 Å². The van der Waals surface area contributed by atoms with Crippen molar-refractivity contribution in [3.05, 3.63) is 0 Å². The van der Waals surface area contributed by atoms with Crippen LogP contribution in [0.5, 0.6) is 0 Å². The summed E-state index contributed by atoms with van der Waals surface area (Å²) in [4.78, 5) is 4.14. The summed E-state index contributed by atoms with van der Waals surface area (Å²) >= 11 is 0. The first-order chi connectivity index (χ1) is 8.35. The number of guanidine groups is 1. The first kappa shape index (κ1) is 20.2. The van der Waals surface area contributed by atoms with E-state index in [2.05, 4.69) is 22.5 Å². The molecule has 18 heavy (non-hydrogen) atoms. The van der Waals surface area contributed by atoms with Crippen molar-refractivity contribution in [3.8, 4) is 0 Å². The molecule has 0 saturated heterocycles. The summed E-state index contributed by atoms with van der Waals surface area (Å²) in [5, 5.41) is 6.51. The normalized spacial score (nSPS) is 10.9. The van der Waals surface area contributed by atoms with Gasteiger partial charge in [-0.05, 0) is 12.8 Å². The highest BCUT2D eigenvalue weighted by molar-refractivity contribution is 14.0. The van der Waals surface area contributed by atoms with Crippen molar-refractivity contribution in [3.63, 3.8) is 0 Å². The first-order valence-corrected chi connectivity index (χ1v) is 6.36. The third-order valence-corrected chi connectivity index (χ3v) is 2.24. The predicted octanol–water partition coefficient (Wildman–Crippen LogP) is 1.62. The van der Waals surface area contributed by atoms with Crippen LogP contribution >= 0.6 is 24.0 Å². The molecule has 0 amide bonds. The van der Waals surface area contributed by atoms with Crippen molar-refractivity contribution in [2.45, 2.75) is 26.2 Å². The lowest BCUT2D eigenvalue weighted by atomic mass is 10.3. The standard InChI is InChI=1S/C12H27N3O2.HI/c1-4-5-7-14-12(13-2)15-8-6-9-17-11-10-16-3;/h4-11H2,1-3H3,(H2,13,14,15);1H. The Morgan fingerprint density at radius 1 is 1.06 bits per heavy atom. The third kappa shape index (κ3) is 14.0. The Balaban J connectivity index is 0. The molecule has 0 unspecified atom stereocenters. The fraction of sp³-hybridized carbons (Fsp3) is 0.917. The summed E-state index contributed by atoms with van der Waals surface area (Å²) in [5.41, 5.74) is 0. The average molecular weight is 373 g/mol. The molecule has 0 aromatic carbocycles. The number of hydrogen-bond donors (Lipinski definition) is 2. The van der Waals surface area contributed by atoms with E-state index in [9.17, 15) is 0 Å². The van der Waals surface area contributed by atoms with Crippen LogP contribution in [-0.4, -0.2) is 53.0 Å². The Bertz CT molecular complexity index is 192. The van der Waals surface area contributed by atoms with Crippen LogP contribution in [0.3, 0.4) is 0 Å². The van der Waals surface area contributed by atoms with E-state index in [1.54, 1.807) is 14.2 Å². The number of aliphatic imine (C=N–C) groups is 1. The zero-order valence-corrected chi connectivity index (χ0v) is 14.2. The maximum atomic E-state index is 5.36. The van der Waals surface area contributed by atoms with Crippen LogP contribution in [0.1, 0.15) is 26.2 Å². The molecule has 2 N–H and O–H groups in total. The van der Waals surface area contributed by atoms with E-state index in [4.69, 9.17) is 9.47 Å². The molecule has 110 valence electrons. The van der Waals surface area contributed by atoms with Crippen molar-refractivity contribution in [1.29, 1.82) is 0 Å². The molecule has 0 bridgehead atoms. The van der Waals surface area contributed by atoms with Gasteiger partial charge in [-0.2, -0.15) is 0 Å². The highest BCUT2D eigenvalue weighted by Gasteiger charge is 1.95. The van der Waals surface area contributed by atoms with E-state index < -0.39 is 0 Å². The largest absolute Gasteiger partial charge is 0.382 e. The fourth-order valence-electron chi connectivity index (χ4n) is 1.23. The summed E-state index contributed by atoms with van der Waals surface area (Å²) in [6, 6.07) is 0. The van der Waals surface area contributed by atoms with Gasteiger partial charge < -0.3 is 20.1 Å². The number of methoxy groups -OCH3 is 1. The highest BCUT2D eigenvalue weighted by atomic mass is 127. The van der Waals surface area contributed by atoms with Gasteiger partial charge in [-0.25, -0.2) is 0 Å². The van der Waals surface area contributed by atoms with E-state index in [0.717, 1.165) is 32.1 Å². The van der Waals surface area contributed by atoms with Gasteiger partial charge in [0.15, 0.2) is 5.96 Å². The molecule has 0 saturated carbocycles. The van der Waals surface area contributed by atoms with Crippen LogP contribution in [0.4, 0.5) is 0 Å². The zero-order chi connectivity index (χ0) is 12.8. The van der Waals surface area contributed by atoms with Crippen molar-refractivity contribution in [1.82, 2.24) is 10.6 Å². The van der Waals surface area contributed by atoms with Crippen LogP contribution in [0.25, 0.3) is 0 Å². The molecule has 5 nitrogen and oxygen atoms in total. The summed E-state index contributed by atoms with van der Waals surface area (Å²) in [6.45, 7) is 6.10. The van der Waals surface area contributed by atoms with Gasteiger partial charge in [-0.15, -0.1) is 24.0 Å². The molecule has 0 heterocycles. The maximum Gasteiger partial charge on any atom is 0.190 e. The number of unbranched alkanes of at least 4 members (excludes halogenated alkanes) is 1. The van der Waals surface area contributed by atoms with Gasteiger partial charge in [0.2, 0.25) is 0 Å². The van der Waals surface area contributed by atoms with E-state index in [-0.39, 0.29) is 24.0 Å². The Morgan fingerprint density at radius 3 is 2.28 bits per heavy atom. The molecule has 0 aliphatic rings. The Hall–Kier alpha value is -0.0800. The smallest absolute Gasteiger partial charge is 0.190 e. The van der Waals surface area contributed by atoms with Crippen molar-refractivity contribution >= 4 is 29.9 Å². The fourth-order valence-corrected chi connectivity index (χ4v) is 1.23. The molecule has 0 fully saturated rings. The quantitative estimate of drug-likeness (QED) is 0.265. The molecule has 6 heteroatoms. The third-order valence-electron chi connectivity index (χ3n) is 2.24. The van der Waals surface area contributed by atoms with Gasteiger partial charge in [0.1, 0.15) is 0 Å². The minimum absolute atomic E-state index is 0. The monoisotopic (exact) mass is 373 g/mol. The van der Waals surface area contributed by atoms with Crippen LogP contribution in [0, 0.1) is 0 Å². The zero-order valence-electron chi connectivity index (χ0n) is 11.8. The second-order valence-corrected chi connectivity index (χ2v) is 3.74. The number of nitrogens with one attached hydrogen (secondary N) is 2. The molecule has 0 radical (unpaired) electrons. The molecular weight excluding hydrogens is 345 g/mol. The van der Waals surface area contributed by atoms with Gasteiger partial charge >= 0.3 is 0 Å². The summed E-state index contributed by atoms with van der Waals surface area (Å²) in [7, 11) is 3.47. The van der Waals surface area contributed by atoms with Crippen LogP contribution in [0.15, 0.2) is 4.99 Å². The molecule has 0 aliphatic heterocycles. The van der Waals surface area contributed by atoms with Crippen molar-refractivity contribution in [2.24, 2.45) is 4.99 Å². The molecule has 0 rings (SSSR count). The Morgan fingerprint density at radius 2 is 1.72 bits per heavy atom. The summed E-state index contributed by atoms with van der Waals surface area (Å²) < 4.78 is 10.3. The number of hydrogen-bond acceptors (Lipinski definition) is 3. The first-order valence-electron chi connectivity index (χ1n) is 6.36. The van der Waals surface area contributed by atoms with Crippen molar-refractivity contribution in [2.75, 3.05) is 47.1 Å². The van der Waals surface area contributed by atoms with Crippen LogP contribution < -0.4 is 10.6 Å². The second kappa shape index (κ2) is 16.9. The minimum atomic E-state index is 0. The molecular formula is C12H28IN3O2. The van der Waals surface area contributed by atoms with Crippen LogP contribution in [-0.2, 0) is 9.47 Å². The van der Waals surface area contributed by atoms with Gasteiger partial charge in [0.25, 0.3) is 0 Å². The highest BCUT2D eigenvalue weighted by Crippen LogP contribution is 1.84. The van der Waals surface area contributed by atoms with Crippen molar-refractivity contribution < 1.29 is 9.47 Å². The molecule has 0 aromatic heterocycles. The minimum Gasteiger partial charge on any atom is -0.382 e.